The molecule has 3 aromatic rings. The maximum absolute atomic E-state index is 12.3. The van der Waals surface area contributed by atoms with Crippen molar-refractivity contribution >= 4 is 22.7 Å². The minimum absolute atomic E-state index is 0.0483. The molecule has 0 fully saturated rings. The van der Waals surface area contributed by atoms with Crippen LogP contribution in [0.3, 0.4) is 0 Å². The van der Waals surface area contributed by atoms with Crippen molar-refractivity contribution in [2.45, 2.75) is 46.6 Å². The summed E-state index contributed by atoms with van der Waals surface area (Å²) >= 11 is 0. The van der Waals surface area contributed by atoms with E-state index in [0.717, 1.165) is 11.1 Å². The number of Topliss-reactive ketones (excluding diaryl/α,β-unsaturated/α-hetero) is 1. The molecule has 0 aliphatic heterocycles. The first-order chi connectivity index (χ1) is 14.3. The molecular formula is C24H24O6. The highest BCUT2D eigenvalue weighted by Gasteiger charge is 2.14. The second-order valence-electron chi connectivity index (χ2n) is 7.30. The van der Waals surface area contributed by atoms with Gasteiger partial charge in [0, 0.05) is 35.1 Å². The zero-order valence-electron chi connectivity index (χ0n) is 17.3. The third kappa shape index (κ3) is 4.76. The van der Waals surface area contributed by atoms with Gasteiger partial charge in [0.15, 0.2) is 5.78 Å². The van der Waals surface area contributed by atoms with Crippen LogP contribution in [0.15, 0.2) is 45.6 Å². The monoisotopic (exact) mass is 408 g/mol. The summed E-state index contributed by atoms with van der Waals surface area (Å²) in [5.41, 5.74) is 3.52. The molecule has 0 unspecified atom stereocenters. The van der Waals surface area contributed by atoms with Crippen LogP contribution >= 0.6 is 0 Å². The van der Waals surface area contributed by atoms with Crippen LogP contribution in [0.1, 0.15) is 52.4 Å². The third-order valence-electron chi connectivity index (χ3n) is 5.18. The van der Waals surface area contributed by atoms with Crippen molar-refractivity contribution in [3.63, 3.8) is 0 Å². The van der Waals surface area contributed by atoms with Crippen LogP contribution < -0.4 is 5.63 Å². The van der Waals surface area contributed by atoms with Gasteiger partial charge in [-0.3, -0.25) is 9.59 Å². The molecule has 1 aromatic heterocycles. The highest BCUT2D eigenvalue weighted by Crippen LogP contribution is 2.27. The summed E-state index contributed by atoms with van der Waals surface area (Å²) in [4.78, 5) is 36.3. The molecule has 0 aliphatic rings. The lowest BCUT2D eigenvalue weighted by Gasteiger charge is -2.09. The lowest BCUT2D eigenvalue weighted by Crippen LogP contribution is -2.10. The largest absolute Gasteiger partial charge is 0.508 e. The van der Waals surface area contributed by atoms with Crippen LogP contribution in [-0.4, -0.2) is 16.9 Å². The predicted molar refractivity (Wildman–Crippen MR) is 113 cm³/mol. The van der Waals surface area contributed by atoms with Crippen molar-refractivity contribution in [1.82, 2.24) is 0 Å². The Labute approximate surface area is 174 Å². The van der Waals surface area contributed by atoms with E-state index in [1.807, 2.05) is 32.9 Å². The number of phenols is 1. The number of hydrogen-bond acceptors (Lipinski definition) is 6. The van der Waals surface area contributed by atoms with E-state index in [-0.39, 0.29) is 36.6 Å². The lowest BCUT2D eigenvalue weighted by molar-refractivity contribution is -0.144. The molecule has 0 aliphatic carbocycles. The Hall–Kier alpha value is -3.41. The molecule has 6 nitrogen and oxygen atoms in total. The van der Waals surface area contributed by atoms with Crippen molar-refractivity contribution in [1.29, 1.82) is 0 Å². The highest BCUT2D eigenvalue weighted by atomic mass is 16.5. The van der Waals surface area contributed by atoms with Gasteiger partial charge in [-0.2, -0.15) is 0 Å². The van der Waals surface area contributed by atoms with Gasteiger partial charge in [-0.25, -0.2) is 4.79 Å². The summed E-state index contributed by atoms with van der Waals surface area (Å²) in [6.07, 6.45) is 0.597. The molecular weight excluding hydrogens is 384 g/mol. The van der Waals surface area contributed by atoms with Gasteiger partial charge in [0.1, 0.15) is 17.9 Å². The van der Waals surface area contributed by atoms with E-state index in [1.54, 1.807) is 12.1 Å². The van der Waals surface area contributed by atoms with Gasteiger partial charge in [0.25, 0.3) is 0 Å². The van der Waals surface area contributed by atoms with Crippen molar-refractivity contribution in [3.05, 3.63) is 74.6 Å². The molecule has 156 valence electrons. The second kappa shape index (κ2) is 8.95. The van der Waals surface area contributed by atoms with Crippen LogP contribution in [0.4, 0.5) is 0 Å². The minimum atomic E-state index is -0.595. The first kappa shape index (κ1) is 21.3. The van der Waals surface area contributed by atoms with E-state index < -0.39 is 11.6 Å². The molecule has 0 radical (unpaired) electrons. The SMILES string of the molecule is CCc1cc2c(COC(=O)CCC(=O)c3ccc(C)c(C)c3)cc(=O)oc2cc1O. The molecule has 2 aromatic carbocycles. The van der Waals surface area contributed by atoms with E-state index in [9.17, 15) is 19.5 Å². The highest BCUT2D eigenvalue weighted by molar-refractivity contribution is 5.97. The Bertz CT molecular complexity index is 1170. The standard InChI is InChI=1S/C24H24O6/c1-4-16-10-19-18(11-24(28)30-22(19)12-21(16)26)13-29-23(27)8-7-20(25)17-6-5-14(2)15(3)9-17/h5-6,9-12,26H,4,7-8,13H2,1-3H3. The van der Waals surface area contributed by atoms with E-state index in [4.69, 9.17) is 9.15 Å². The molecule has 6 heteroatoms. The summed E-state index contributed by atoms with van der Waals surface area (Å²) in [7, 11) is 0. The smallest absolute Gasteiger partial charge is 0.336 e. The average Bonchev–Trinajstić information content (AvgIpc) is 2.71. The summed E-state index contributed by atoms with van der Waals surface area (Å²) in [5.74, 6) is -0.598. The van der Waals surface area contributed by atoms with Crippen LogP contribution in [0.25, 0.3) is 11.0 Å². The van der Waals surface area contributed by atoms with Gasteiger partial charge in [-0.15, -0.1) is 0 Å². The third-order valence-corrected chi connectivity index (χ3v) is 5.18. The number of ether oxygens (including phenoxy) is 1. The summed E-state index contributed by atoms with van der Waals surface area (Å²) in [5, 5.41) is 10.6. The number of esters is 1. The normalized spacial score (nSPS) is 10.9. The number of rotatable bonds is 7. The van der Waals surface area contributed by atoms with Gasteiger partial charge in [0.05, 0.1) is 6.42 Å². The van der Waals surface area contributed by atoms with Crippen molar-refractivity contribution in [3.8, 4) is 5.75 Å². The number of carbonyl (C=O) groups excluding carboxylic acids is 2. The fraction of sp³-hybridized carbons (Fsp3) is 0.292. The van der Waals surface area contributed by atoms with Crippen molar-refractivity contribution in [2.24, 2.45) is 0 Å². The van der Waals surface area contributed by atoms with Crippen molar-refractivity contribution in [2.75, 3.05) is 0 Å². The Morgan fingerprint density at radius 2 is 1.77 bits per heavy atom. The topological polar surface area (TPSA) is 93.8 Å². The maximum Gasteiger partial charge on any atom is 0.336 e. The van der Waals surface area contributed by atoms with Gasteiger partial charge in [0.2, 0.25) is 0 Å². The van der Waals surface area contributed by atoms with Gasteiger partial charge >= 0.3 is 11.6 Å². The van der Waals surface area contributed by atoms with E-state index in [2.05, 4.69) is 0 Å². The zero-order valence-corrected chi connectivity index (χ0v) is 17.3. The summed E-state index contributed by atoms with van der Waals surface area (Å²) in [6, 6.07) is 9.84. The Kier molecular flexibility index (Phi) is 6.35. The Balaban J connectivity index is 1.67. The maximum atomic E-state index is 12.3. The number of ketones is 1. The molecule has 1 N–H and O–H groups in total. The number of phenolic OH excluding ortho intramolecular Hbond substituents is 1. The first-order valence-electron chi connectivity index (χ1n) is 9.83. The molecule has 3 rings (SSSR count). The molecule has 0 saturated carbocycles. The van der Waals surface area contributed by atoms with Gasteiger partial charge in [-0.1, -0.05) is 19.1 Å². The quantitative estimate of drug-likeness (QED) is 0.354. The summed E-state index contributed by atoms with van der Waals surface area (Å²) < 4.78 is 10.4. The molecule has 0 saturated heterocycles. The number of aromatic hydroxyl groups is 1. The molecule has 1 heterocycles. The fourth-order valence-corrected chi connectivity index (χ4v) is 3.21. The van der Waals surface area contributed by atoms with E-state index in [0.29, 0.717) is 28.5 Å². The molecule has 0 atom stereocenters. The number of carbonyl (C=O) groups is 2. The number of fused-ring (bicyclic) bond motifs is 1. The van der Waals surface area contributed by atoms with Gasteiger partial charge in [-0.05, 0) is 49.1 Å². The first-order valence-corrected chi connectivity index (χ1v) is 9.83. The van der Waals surface area contributed by atoms with Crippen LogP contribution in [0, 0.1) is 13.8 Å². The van der Waals surface area contributed by atoms with Crippen molar-refractivity contribution < 1.29 is 23.8 Å². The summed E-state index contributed by atoms with van der Waals surface area (Å²) in [6.45, 7) is 5.68. The lowest BCUT2D eigenvalue weighted by atomic mass is 10.0. The zero-order chi connectivity index (χ0) is 21.8. The van der Waals surface area contributed by atoms with E-state index >= 15 is 0 Å². The molecule has 30 heavy (non-hydrogen) atoms. The second-order valence-corrected chi connectivity index (χ2v) is 7.30. The van der Waals surface area contributed by atoms with Gasteiger partial charge < -0.3 is 14.3 Å². The Morgan fingerprint density at radius 1 is 1.00 bits per heavy atom. The predicted octanol–water partition coefficient (Wildman–Crippen LogP) is 4.38. The van der Waals surface area contributed by atoms with Crippen LogP contribution in [-0.2, 0) is 22.6 Å². The van der Waals surface area contributed by atoms with Crippen LogP contribution in [0.5, 0.6) is 5.75 Å². The molecule has 0 bridgehead atoms. The molecule has 0 amide bonds. The van der Waals surface area contributed by atoms with E-state index in [1.165, 1.54) is 12.1 Å². The molecule has 0 spiro atoms. The number of benzene rings is 2. The number of hydrogen-bond donors (Lipinski definition) is 1. The fourth-order valence-electron chi connectivity index (χ4n) is 3.21. The average molecular weight is 408 g/mol. The number of aryl methyl sites for hydroxylation is 3. The van der Waals surface area contributed by atoms with Crippen LogP contribution in [0.2, 0.25) is 0 Å². The minimum Gasteiger partial charge on any atom is -0.508 e. The Morgan fingerprint density at radius 3 is 2.47 bits per heavy atom.